The number of barbiturate groups is 1. The van der Waals surface area contributed by atoms with Crippen LogP contribution in [0.4, 0.5) is 10.5 Å². The molecule has 1 aromatic rings. The van der Waals surface area contributed by atoms with Crippen molar-refractivity contribution in [1.29, 1.82) is 0 Å². The Bertz CT molecular complexity index is 705. The summed E-state index contributed by atoms with van der Waals surface area (Å²) in [4.78, 5) is 44.0. The summed E-state index contributed by atoms with van der Waals surface area (Å²) in [5.41, 5.74) is -1.17. The third-order valence-corrected chi connectivity index (χ3v) is 2.98. The number of carbonyl (C=O) groups excluding carboxylic acids is 3. The van der Waals surface area contributed by atoms with E-state index in [0.717, 1.165) is 12.1 Å². The van der Waals surface area contributed by atoms with Crippen LogP contribution in [0.2, 0.25) is 0 Å². The summed E-state index contributed by atoms with van der Waals surface area (Å²) in [5, 5.41) is 24.3. The number of nitro benzene ring substituents is 1. The lowest BCUT2D eigenvalue weighted by molar-refractivity contribution is -0.385. The highest BCUT2D eigenvalue weighted by molar-refractivity contribution is 9.10. The number of phenols is 1. The number of nitro groups is 1. The standard InChI is InChI=1S/C11H6BrN3O6/c12-5-1-4(8(16)7(3-5)15(20)21)2-6-9(17)13-11(19)14-10(6)18/h1-3,16H,(H2,13,14,17,18,19). The van der Waals surface area contributed by atoms with Crippen molar-refractivity contribution >= 4 is 45.5 Å². The van der Waals surface area contributed by atoms with Gasteiger partial charge in [0.05, 0.1) is 4.92 Å². The van der Waals surface area contributed by atoms with E-state index in [-0.39, 0.29) is 10.0 Å². The van der Waals surface area contributed by atoms with E-state index in [2.05, 4.69) is 15.9 Å². The summed E-state index contributed by atoms with van der Waals surface area (Å²) >= 11 is 3.02. The zero-order valence-corrected chi connectivity index (χ0v) is 11.6. The van der Waals surface area contributed by atoms with E-state index in [1.165, 1.54) is 6.07 Å². The SMILES string of the molecule is O=C1NC(=O)C(=Cc2cc(Br)cc([N+](=O)[O-])c2O)C(=O)N1. The summed E-state index contributed by atoms with van der Waals surface area (Å²) in [7, 11) is 0. The molecule has 108 valence electrons. The maximum atomic E-state index is 11.5. The van der Waals surface area contributed by atoms with Gasteiger partial charge in [0.2, 0.25) is 5.75 Å². The maximum Gasteiger partial charge on any atom is 0.328 e. The number of hydrogen-bond donors (Lipinski definition) is 3. The van der Waals surface area contributed by atoms with Gasteiger partial charge in [0.25, 0.3) is 11.8 Å². The topological polar surface area (TPSA) is 139 Å². The molecule has 3 N–H and O–H groups in total. The number of aromatic hydroxyl groups is 1. The molecule has 10 heteroatoms. The molecule has 9 nitrogen and oxygen atoms in total. The molecule has 0 aliphatic carbocycles. The first-order valence-corrected chi connectivity index (χ1v) is 6.14. The molecule has 1 aliphatic rings. The Balaban J connectivity index is 2.55. The number of imide groups is 2. The molecule has 0 radical (unpaired) electrons. The van der Waals surface area contributed by atoms with Crippen molar-refractivity contribution in [2.45, 2.75) is 0 Å². The van der Waals surface area contributed by atoms with Gasteiger partial charge in [0.15, 0.2) is 0 Å². The number of amides is 4. The number of benzene rings is 1. The maximum absolute atomic E-state index is 11.5. The van der Waals surface area contributed by atoms with Crippen molar-refractivity contribution in [3.05, 3.63) is 37.9 Å². The highest BCUT2D eigenvalue weighted by Gasteiger charge is 2.28. The minimum Gasteiger partial charge on any atom is -0.502 e. The van der Waals surface area contributed by atoms with Gasteiger partial charge >= 0.3 is 11.7 Å². The lowest BCUT2D eigenvalue weighted by Crippen LogP contribution is -2.51. The summed E-state index contributed by atoms with van der Waals surface area (Å²) in [6.07, 6.45) is 0.949. The number of carbonyl (C=O) groups is 3. The molecule has 1 heterocycles. The van der Waals surface area contributed by atoms with Gasteiger partial charge in [-0.25, -0.2) is 4.79 Å². The number of nitrogens with one attached hydrogen (secondary N) is 2. The van der Waals surface area contributed by atoms with Crippen LogP contribution in [0.15, 0.2) is 22.2 Å². The molecule has 1 fully saturated rings. The highest BCUT2D eigenvalue weighted by Crippen LogP contribution is 2.34. The van der Waals surface area contributed by atoms with E-state index in [1.54, 1.807) is 0 Å². The average molecular weight is 356 g/mol. The van der Waals surface area contributed by atoms with Gasteiger partial charge < -0.3 is 5.11 Å². The van der Waals surface area contributed by atoms with Gasteiger partial charge in [-0.05, 0) is 12.1 Å². The number of phenolic OH excluding ortho intramolecular Hbond substituents is 1. The van der Waals surface area contributed by atoms with Crippen molar-refractivity contribution in [2.24, 2.45) is 0 Å². The second-order valence-electron chi connectivity index (χ2n) is 3.92. The van der Waals surface area contributed by atoms with Crippen molar-refractivity contribution in [1.82, 2.24) is 10.6 Å². The highest BCUT2D eigenvalue weighted by atomic mass is 79.9. The summed E-state index contributed by atoms with van der Waals surface area (Å²) < 4.78 is 0.270. The summed E-state index contributed by atoms with van der Waals surface area (Å²) in [5.74, 6) is -2.63. The first-order valence-electron chi connectivity index (χ1n) is 5.35. The molecule has 0 saturated carbocycles. The van der Waals surface area contributed by atoms with Crippen molar-refractivity contribution in [3.63, 3.8) is 0 Å². The molecule has 4 amide bonds. The van der Waals surface area contributed by atoms with Crippen LogP contribution in [0.5, 0.6) is 5.75 Å². The molecule has 0 unspecified atom stereocenters. The molecule has 0 spiro atoms. The fraction of sp³-hybridized carbons (Fsp3) is 0. The normalized spacial score (nSPS) is 14.5. The van der Waals surface area contributed by atoms with Gasteiger partial charge in [-0.2, -0.15) is 0 Å². The Morgan fingerprint density at radius 1 is 1.19 bits per heavy atom. The lowest BCUT2D eigenvalue weighted by Gasteiger charge is -2.14. The van der Waals surface area contributed by atoms with Crippen molar-refractivity contribution in [3.8, 4) is 5.75 Å². The number of rotatable bonds is 2. The predicted molar refractivity (Wildman–Crippen MR) is 72.1 cm³/mol. The molecule has 2 rings (SSSR count). The Morgan fingerprint density at radius 2 is 1.76 bits per heavy atom. The third kappa shape index (κ3) is 2.89. The zero-order valence-electron chi connectivity index (χ0n) is 10.0. The Hall–Kier alpha value is -2.75. The minimum absolute atomic E-state index is 0.120. The lowest BCUT2D eigenvalue weighted by atomic mass is 10.1. The first kappa shape index (κ1) is 14.7. The Labute approximate surface area is 124 Å². The Kier molecular flexibility index (Phi) is 3.72. The van der Waals surface area contributed by atoms with Crippen LogP contribution in [0.1, 0.15) is 5.56 Å². The van der Waals surface area contributed by atoms with Gasteiger partial charge in [0, 0.05) is 16.1 Å². The molecular formula is C11H6BrN3O6. The second kappa shape index (κ2) is 5.32. The first-order chi connectivity index (χ1) is 9.79. The van der Waals surface area contributed by atoms with E-state index < -0.39 is 39.8 Å². The summed E-state index contributed by atoms with van der Waals surface area (Å²) in [6, 6.07) is 1.39. The minimum atomic E-state index is -0.967. The second-order valence-corrected chi connectivity index (χ2v) is 4.83. The molecule has 0 atom stereocenters. The van der Waals surface area contributed by atoms with E-state index in [9.17, 15) is 29.6 Å². The van der Waals surface area contributed by atoms with Crippen molar-refractivity contribution in [2.75, 3.05) is 0 Å². The molecule has 21 heavy (non-hydrogen) atoms. The summed E-state index contributed by atoms with van der Waals surface area (Å²) in [6.45, 7) is 0. The number of halogens is 1. The van der Waals surface area contributed by atoms with Gasteiger partial charge in [-0.3, -0.25) is 30.3 Å². The molecule has 0 bridgehead atoms. The largest absolute Gasteiger partial charge is 0.502 e. The Morgan fingerprint density at radius 3 is 2.29 bits per heavy atom. The zero-order chi connectivity index (χ0) is 15.7. The van der Waals surface area contributed by atoms with Crippen LogP contribution in [0.25, 0.3) is 6.08 Å². The van der Waals surface area contributed by atoms with Gasteiger partial charge in [0.1, 0.15) is 5.57 Å². The molecule has 1 aliphatic heterocycles. The van der Waals surface area contributed by atoms with Gasteiger partial charge in [-0.15, -0.1) is 0 Å². The quantitative estimate of drug-likeness (QED) is 0.310. The molecule has 1 saturated heterocycles. The van der Waals surface area contributed by atoms with Gasteiger partial charge in [-0.1, -0.05) is 15.9 Å². The number of urea groups is 1. The van der Waals surface area contributed by atoms with Crippen molar-refractivity contribution < 1.29 is 24.4 Å². The van der Waals surface area contributed by atoms with Crippen LogP contribution in [0, 0.1) is 10.1 Å². The fourth-order valence-corrected chi connectivity index (χ4v) is 2.08. The molecule has 1 aromatic carbocycles. The van der Waals surface area contributed by atoms with E-state index in [0.29, 0.717) is 0 Å². The number of hydrogen-bond acceptors (Lipinski definition) is 6. The van der Waals surface area contributed by atoms with E-state index in [4.69, 9.17) is 0 Å². The van der Waals surface area contributed by atoms with Crippen LogP contribution >= 0.6 is 15.9 Å². The smallest absolute Gasteiger partial charge is 0.328 e. The van der Waals surface area contributed by atoms with Crippen LogP contribution < -0.4 is 10.6 Å². The third-order valence-electron chi connectivity index (χ3n) is 2.52. The molecular weight excluding hydrogens is 350 g/mol. The van der Waals surface area contributed by atoms with Crippen LogP contribution in [0.3, 0.4) is 0 Å². The molecule has 0 aromatic heterocycles. The average Bonchev–Trinajstić information content (AvgIpc) is 2.36. The predicted octanol–water partition coefficient (Wildman–Crippen LogP) is 0.812. The monoisotopic (exact) mass is 355 g/mol. The van der Waals surface area contributed by atoms with E-state index in [1.807, 2.05) is 10.6 Å². The van der Waals surface area contributed by atoms with Crippen LogP contribution in [-0.4, -0.2) is 27.9 Å². The fourth-order valence-electron chi connectivity index (χ4n) is 1.62. The number of nitrogens with zero attached hydrogens (tertiary/aromatic N) is 1. The van der Waals surface area contributed by atoms with E-state index >= 15 is 0 Å². The van der Waals surface area contributed by atoms with Crippen LogP contribution in [-0.2, 0) is 9.59 Å².